The fourth-order valence-electron chi connectivity index (χ4n) is 2.13. The summed E-state index contributed by atoms with van der Waals surface area (Å²) in [6.45, 7) is 0. The monoisotopic (exact) mass is 347 g/mol. The summed E-state index contributed by atoms with van der Waals surface area (Å²) < 4.78 is 24.6. The third kappa shape index (κ3) is 3.09. The highest BCUT2D eigenvalue weighted by Gasteiger charge is 2.14. The van der Waals surface area contributed by atoms with Crippen LogP contribution in [0.2, 0.25) is 0 Å². The first-order chi connectivity index (χ1) is 11.6. The van der Waals surface area contributed by atoms with Gasteiger partial charge in [0.25, 0.3) is 5.91 Å². The van der Waals surface area contributed by atoms with Gasteiger partial charge in [-0.05, 0) is 24.3 Å². The van der Waals surface area contributed by atoms with Crippen molar-refractivity contribution in [1.82, 2.24) is 10.4 Å². The van der Waals surface area contributed by atoms with E-state index in [-0.39, 0.29) is 5.52 Å². The number of rotatable bonds is 5. The molecule has 3 rings (SSSR count). The Labute approximate surface area is 141 Å². The molecule has 0 fully saturated rings. The number of amides is 1. The summed E-state index contributed by atoms with van der Waals surface area (Å²) in [4.78, 5) is 16.4. The molecule has 0 saturated heterocycles. The summed E-state index contributed by atoms with van der Waals surface area (Å²) in [5, 5.41) is 0.385. The molecule has 0 spiro atoms. The minimum Gasteiger partial charge on any atom is -0.497 e. The quantitative estimate of drug-likeness (QED) is 0.694. The van der Waals surface area contributed by atoms with Crippen molar-refractivity contribution in [3.05, 3.63) is 47.8 Å². The Bertz CT molecular complexity index is 897. The number of carbonyl (C=O) groups is 1. The van der Waals surface area contributed by atoms with E-state index in [4.69, 9.17) is 9.47 Å². The Kier molecular flexibility index (Phi) is 4.48. The lowest BCUT2D eigenvalue weighted by molar-refractivity contribution is 0.0959. The van der Waals surface area contributed by atoms with E-state index in [2.05, 4.69) is 15.8 Å². The standard InChI is InChI=1S/C16H14FN3O3S/c1-22-9-6-7-10(12(8-9)23-2)15(21)19-20-16-18-14-11(17)4-3-5-13(14)24-16/h3-8H,1-2H3,(H,18,20)(H,19,21). The zero-order chi connectivity index (χ0) is 17.1. The fourth-order valence-corrected chi connectivity index (χ4v) is 2.97. The second kappa shape index (κ2) is 6.71. The molecule has 2 aromatic carbocycles. The number of methoxy groups -OCH3 is 2. The number of nitrogens with one attached hydrogen (secondary N) is 2. The second-order valence-corrected chi connectivity index (χ2v) is 5.78. The normalized spacial score (nSPS) is 10.5. The van der Waals surface area contributed by atoms with Gasteiger partial charge in [-0.25, -0.2) is 9.37 Å². The van der Waals surface area contributed by atoms with Crippen LogP contribution in [0.4, 0.5) is 9.52 Å². The lowest BCUT2D eigenvalue weighted by Crippen LogP contribution is -2.29. The van der Waals surface area contributed by atoms with Crippen molar-refractivity contribution in [2.24, 2.45) is 0 Å². The predicted molar refractivity (Wildman–Crippen MR) is 90.2 cm³/mol. The number of aromatic nitrogens is 1. The summed E-state index contributed by atoms with van der Waals surface area (Å²) in [5.41, 5.74) is 5.81. The van der Waals surface area contributed by atoms with Crippen LogP contribution in [0.1, 0.15) is 10.4 Å². The molecule has 3 aromatic rings. The maximum Gasteiger partial charge on any atom is 0.273 e. The Hall–Kier alpha value is -2.87. The first kappa shape index (κ1) is 16.0. The van der Waals surface area contributed by atoms with Gasteiger partial charge in [0.2, 0.25) is 5.13 Å². The molecule has 0 aliphatic heterocycles. The van der Waals surface area contributed by atoms with Gasteiger partial charge in [-0.1, -0.05) is 17.4 Å². The van der Waals surface area contributed by atoms with E-state index in [1.165, 1.54) is 31.6 Å². The molecular formula is C16H14FN3O3S. The van der Waals surface area contributed by atoms with E-state index in [0.717, 1.165) is 0 Å². The molecule has 2 N–H and O–H groups in total. The van der Waals surface area contributed by atoms with E-state index in [0.29, 0.717) is 26.9 Å². The Morgan fingerprint density at radius 1 is 1.21 bits per heavy atom. The van der Waals surface area contributed by atoms with Crippen molar-refractivity contribution in [2.75, 3.05) is 19.6 Å². The van der Waals surface area contributed by atoms with Gasteiger partial charge in [-0.3, -0.25) is 15.6 Å². The third-order valence-corrected chi connectivity index (χ3v) is 4.24. The number of ether oxygens (including phenoxy) is 2. The fraction of sp³-hybridized carbons (Fsp3) is 0.125. The largest absolute Gasteiger partial charge is 0.497 e. The van der Waals surface area contributed by atoms with Gasteiger partial charge in [0.1, 0.15) is 22.8 Å². The topological polar surface area (TPSA) is 72.5 Å². The minimum atomic E-state index is -0.408. The van der Waals surface area contributed by atoms with E-state index in [9.17, 15) is 9.18 Å². The van der Waals surface area contributed by atoms with Crippen molar-refractivity contribution >= 4 is 32.6 Å². The van der Waals surface area contributed by atoms with Crippen LogP contribution in [0.15, 0.2) is 36.4 Å². The highest BCUT2D eigenvalue weighted by molar-refractivity contribution is 7.22. The van der Waals surface area contributed by atoms with Crippen LogP contribution in [0.25, 0.3) is 10.2 Å². The molecule has 0 bridgehead atoms. The maximum atomic E-state index is 13.6. The van der Waals surface area contributed by atoms with Crippen LogP contribution in [0.5, 0.6) is 11.5 Å². The number of hydrogen-bond donors (Lipinski definition) is 2. The Balaban J connectivity index is 1.76. The number of thiazole rings is 1. The molecule has 0 aliphatic rings. The van der Waals surface area contributed by atoms with Crippen molar-refractivity contribution in [1.29, 1.82) is 0 Å². The molecule has 1 aromatic heterocycles. The number of para-hydroxylation sites is 1. The molecule has 0 aliphatic carbocycles. The van der Waals surface area contributed by atoms with Gasteiger partial charge in [-0.15, -0.1) is 0 Å². The molecular weight excluding hydrogens is 333 g/mol. The number of halogens is 1. The van der Waals surface area contributed by atoms with Gasteiger partial charge in [-0.2, -0.15) is 0 Å². The van der Waals surface area contributed by atoms with Crippen LogP contribution >= 0.6 is 11.3 Å². The minimum absolute atomic E-state index is 0.265. The molecule has 6 nitrogen and oxygen atoms in total. The predicted octanol–water partition coefficient (Wildman–Crippen LogP) is 3.21. The van der Waals surface area contributed by atoms with E-state index < -0.39 is 11.7 Å². The summed E-state index contributed by atoms with van der Waals surface area (Å²) in [5.74, 6) is 0.149. The molecule has 1 amide bonds. The number of nitrogens with zero attached hydrogens (tertiary/aromatic N) is 1. The highest BCUT2D eigenvalue weighted by atomic mass is 32.1. The maximum absolute atomic E-state index is 13.6. The third-order valence-electron chi connectivity index (χ3n) is 3.31. The number of hydrazine groups is 1. The number of carbonyl (C=O) groups excluding carboxylic acids is 1. The van der Waals surface area contributed by atoms with Crippen molar-refractivity contribution in [2.45, 2.75) is 0 Å². The number of fused-ring (bicyclic) bond motifs is 1. The van der Waals surface area contributed by atoms with E-state index in [1.807, 2.05) is 0 Å². The lowest BCUT2D eigenvalue weighted by Gasteiger charge is -2.10. The first-order valence-electron chi connectivity index (χ1n) is 6.96. The smallest absolute Gasteiger partial charge is 0.273 e. The average molecular weight is 347 g/mol. The van der Waals surface area contributed by atoms with Crippen molar-refractivity contribution in [3.8, 4) is 11.5 Å². The Morgan fingerprint density at radius 3 is 2.75 bits per heavy atom. The number of benzene rings is 2. The van der Waals surface area contributed by atoms with Gasteiger partial charge < -0.3 is 9.47 Å². The van der Waals surface area contributed by atoms with Crippen LogP contribution in [0, 0.1) is 5.82 Å². The molecule has 1 heterocycles. The molecule has 0 atom stereocenters. The lowest BCUT2D eigenvalue weighted by atomic mass is 10.2. The van der Waals surface area contributed by atoms with Gasteiger partial charge >= 0.3 is 0 Å². The second-order valence-electron chi connectivity index (χ2n) is 4.75. The van der Waals surface area contributed by atoms with Gasteiger partial charge in [0, 0.05) is 6.07 Å². The number of anilines is 1. The highest BCUT2D eigenvalue weighted by Crippen LogP contribution is 2.27. The molecule has 124 valence electrons. The van der Waals surface area contributed by atoms with Crippen molar-refractivity contribution < 1.29 is 18.7 Å². The zero-order valence-corrected chi connectivity index (χ0v) is 13.7. The summed E-state index contributed by atoms with van der Waals surface area (Å²) in [7, 11) is 3.00. The first-order valence-corrected chi connectivity index (χ1v) is 7.77. The Morgan fingerprint density at radius 2 is 2.04 bits per heavy atom. The van der Waals surface area contributed by atoms with Crippen molar-refractivity contribution in [3.63, 3.8) is 0 Å². The van der Waals surface area contributed by atoms with Crippen LogP contribution < -0.4 is 20.3 Å². The van der Waals surface area contributed by atoms with Gasteiger partial charge in [0.05, 0.1) is 24.5 Å². The summed E-state index contributed by atoms with van der Waals surface area (Å²) in [6, 6.07) is 9.57. The van der Waals surface area contributed by atoms with Crippen LogP contribution in [-0.2, 0) is 0 Å². The average Bonchev–Trinajstić information content (AvgIpc) is 3.03. The summed E-state index contributed by atoms with van der Waals surface area (Å²) in [6.07, 6.45) is 0. The molecule has 0 saturated carbocycles. The summed E-state index contributed by atoms with van der Waals surface area (Å²) >= 11 is 1.24. The zero-order valence-electron chi connectivity index (χ0n) is 12.9. The van der Waals surface area contributed by atoms with Crippen LogP contribution in [0.3, 0.4) is 0 Å². The SMILES string of the molecule is COc1ccc(C(=O)NNc2nc3c(F)cccc3s2)c(OC)c1. The van der Waals surface area contributed by atoms with E-state index >= 15 is 0 Å². The van der Waals surface area contributed by atoms with Gasteiger partial charge in [0.15, 0.2) is 0 Å². The molecule has 0 unspecified atom stereocenters. The molecule has 8 heteroatoms. The number of hydrogen-bond acceptors (Lipinski definition) is 6. The van der Waals surface area contributed by atoms with Crippen LogP contribution in [-0.4, -0.2) is 25.1 Å². The molecule has 0 radical (unpaired) electrons. The molecule has 24 heavy (non-hydrogen) atoms. The van der Waals surface area contributed by atoms with E-state index in [1.54, 1.807) is 30.3 Å².